The van der Waals surface area contributed by atoms with Crippen LogP contribution in [0.4, 0.5) is 0 Å². The Balaban J connectivity index is 1.74. The first-order valence-corrected chi connectivity index (χ1v) is 20.6. The number of aliphatic hydroxyl groups is 1. The summed E-state index contributed by atoms with van der Waals surface area (Å²) in [5.41, 5.74) is 12.7. The topological polar surface area (TPSA) is 309 Å². The minimum absolute atomic E-state index is 0.0315. The zero-order chi connectivity index (χ0) is 45.9. The molecule has 0 spiro atoms. The molecule has 1 aliphatic rings. The standard InChI is InChI=1S/C42H54N10O10S/c1-62-29-15-11-27(12-16-29)34(24-63)52-22-36(56)46-20-35(55)48-33(23-53)41(61)51-32(19-26-9-13-28(54)14-10-26)40(60)49-30(8-5-17-45-42(43)44)39(59)50-31(38(58)47-21-37(52)57)18-25-6-3-2-4-7-25/h2-4,6-7,9-16,30-34,53-54,63H,5,8,17-24H2,1H3,(H,46,56)(H,47,58)(H,48,55)(H,49,60)(H,50,59)(H,51,61)(H4,43,44,45)/t30-,31-,32-,33-,34?/m0/s1. The van der Waals surface area contributed by atoms with Crippen LogP contribution in [0.15, 0.2) is 83.9 Å². The first-order chi connectivity index (χ1) is 30.2. The summed E-state index contributed by atoms with van der Waals surface area (Å²) >= 11 is 4.47. The van der Waals surface area contributed by atoms with Gasteiger partial charge in [-0.05, 0) is 53.8 Å². The summed E-state index contributed by atoms with van der Waals surface area (Å²) in [6.45, 7) is -2.74. The fraction of sp³-hybridized carbons (Fsp3) is 0.381. The van der Waals surface area contributed by atoms with Crippen LogP contribution in [0.5, 0.6) is 11.5 Å². The van der Waals surface area contributed by atoms with Gasteiger partial charge in [0.05, 0.1) is 32.8 Å². The number of benzene rings is 3. The third-order valence-corrected chi connectivity index (χ3v) is 10.2. The number of aromatic hydroxyl groups is 1. The maximum atomic E-state index is 14.2. The molecule has 1 aliphatic heterocycles. The molecule has 20 nitrogen and oxygen atoms in total. The molecule has 0 aliphatic carbocycles. The molecule has 1 unspecified atom stereocenters. The minimum Gasteiger partial charge on any atom is -0.508 e. The van der Waals surface area contributed by atoms with Crippen molar-refractivity contribution in [1.82, 2.24) is 36.8 Å². The largest absolute Gasteiger partial charge is 0.508 e. The highest BCUT2D eigenvalue weighted by Gasteiger charge is 2.33. The number of amides is 7. The van der Waals surface area contributed by atoms with Crippen LogP contribution in [0.3, 0.4) is 0 Å². The SMILES string of the molecule is COc1ccc(C(CS)N2CC(=O)NCC(=O)N[C@@H](CO)C(=O)N[C@@H](Cc3ccc(O)cc3)C(=O)N[C@@H](CCCN=C(N)N)C(=O)N[C@@H](Cc3ccccc3)C(=O)NCC2=O)cc1. The maximum absolute atomic E-state index is 14.2. The second-order valence-corrected chi connectivity index (χ2v) is 14.8. The van der Waals surface area contributed by atoms with Gasteiger partial charge in [-0.1, -0.05) is 54.6 Å². The highest BCUT2D eigenvalue weighted by atomic mass is 32.1. The quantitative estimate of drug-likeness (QED) is 0.0382. The van der Waals surface area contributed by atoms with Crippen molar-refractivity contribution in [3.05, 3.63) is 95.6 Å². The fourth-order valence-electron chi connectivity index (χ4n) is 6.52. The van der Waals surface area contributed by atoms with Gasteiger partial charge >= 0.3 is 0 Å². The lowest BCUT2D eigenvalue weighted by Crippen LogP contribution is -2.59. The summed E-state index contributed by atoms with van der Waals surface area (Å²) in [4.78, 5) is 102. The Morgan fingerprint density at radius 2 is 1.33 bits per heavy atom. The van der Waals surface area contributed by atoms with Crippen molar-refractivity contribution < 1.29 is 48.5 Å². The molecule has 0 saturated carbocycles. The number of phenolic OH excluding ortho intramolecular Hbond substituents is 1. The molecule has 5 atom stereocenters. The lowest BCUT2D eigenvalue weighted by atomic mass is 10.0. The molecule has 0 bridgehead atoms. The Morgan fingerprint density at radius 1 is 0.746 bits per heavy atom. The van der Waals surface area contributed by atoms with E-state index in [2.05, 4.69) is 49.5 Å². The number of methoxy groups -OCH3 is 1. The van der Waals surface area contributed by atoms with Crippen molar-refractivity contribution >= 4 is 59.9 Å². The minimum atomic E-state index is -1.60. The predicted molar refractivity (Wildman–Crippen MR) is 234 cm³/mol. The Morgan fingerprint density at radius 3 is 1.94 bits per heavy atom. The number of rotatable bonds is 13. The van der Waals surface area contributed by atoms with Gasteiger partial charge in [0, 0.05) is 25.1 Å². The number of phenols is 1. The maximum Gasteiger partial charge on any atom is 0.245 e. The van der Waals surface area contributed by atoms with Gasteiger partial charge in [0.15, 0.2) is 5.96 Å². The second kappa shape index (κ2) is 24.5. The number of hydrogen-bond donors (Lipinski definition) is 11. The number of ether oxygens (including phenoxy) is 1. The number of carbonyl (C=O) groups is 7. The van der Waals surface area contributed by atoms with Crippen LogP contribution >= 0.6 is 12.6 Å². The van der Waals surface area contributed by atoms with Gasteiger partial charge in [0.25, 0.3) is 0 Å². The number of hydrogen-bond acceptors (Lipinski definition) is 12. The Labute approximate surface area is 369 Å². The average Bonchev–Trinajstić information content (AvgIpc) is 3.27. The van der Waals surface area contributed by atoms with E-state index in [0.717, 1.165) is 0 Å². The zero-order valence-electron chi connectivity index (χ0n) is 34.6. The number of aliphatic hydroxyl groups excluding tert-OH is 1. The van der Waals surface area contributed by atoms with Crippen molar-refractivity contribution in [2.45, 2.75) is 55.9 Å². The van der Waals surface area contributed by atoms with E-state index in [4.69, 9.17) is 16.2 Å². The average molecular weight is 891 g/mol. The number of nitrogens with two attached hydrogens (primary N) is 2. The van der Waals surface area contributed by atoms with E-state index >= 15 is 0 Å². The monoisotopic (exact) mass is 890 g/mol. The summed E-state index contributed by atoms with van der Waals surface area (Å²) in [6, 6.07) is 14.7. The van der Waals surface area contributed by atoms with E-state index in [-0.39, 0.29) is 49.7 Å². The van der Waals surface area contributed by atoms with Gasteiger partial charge in [-0.15, -0.1) is 0 Å². The Kier molecular flexibility index (Phi) is 19.0. The predicted octanol–water partition coefficient (Wildman–Crippen LogP) is -2.08. The van der Waals surface area contributed by atoms with Crippen molar-refractivity contribution in [2.75, 3.05) is 45.6 Å². The molecule has 0 radical (unpaired) electrons. The highest BCUT2D eigenvalue weighted by molar-refractivity contribution is 7.80. The first kappa shape index (κ1) is 48.8. The second-order valence-electron chi connectivity index (χ2n) is 14.5. The molecule has 1 heterocycles. The van der Waals surface area contributed by atoms with Gasteiger partial charge in [-0.3, -0.25) is 38.6 Å². The lowest BCUT2D eigenvalue weighted by molar-refractivity contribution is -0.139. The van der Waals surface area contributed by atoms with Crippen molar-refractivity contribution in [3.63, 3.8) is 0 Å². The molecule has 0 aromatic heterocycles. The highest BCUT2D eigenvalue weighted by Crippen LogP contribution is 2.25. The molecule has 63 heavy (non-hydrogen) atoms. The van der Waals surface area contributed by atoms with Gasteiger partial charge in [-0.25, -0.2) is 0 Å². The number of thiol groups is 1. The van der Waals surface area contributed by atoms with Crippen LogP contribution in [0, 0.1) is 0 Å². The van der Waals surface area contributed by atoms with Gasteiger partial charge in [0.2, 0.25) is 41.4 Å². The number of guanidine groups is 1. The fourth-order valence-corrected chi connectivity index (χ4v) is 6.93. The van der Waals surface area contributed by atoms with Crippen molar-refractivity contribution in [1.29, 1.82) is 0 Å². The molecular weight excluding hydrogens is 837 g/mol. The number of aliphatic imine (C=N–C) groups is 1. The van der Waals surface area contributed by atoms with Crippen molar-refractivity contribution in [2.24, 2.45) is 16.5 Å². The smallest absolute Gasteiger partial charge is 0.245 e. The van der Waals surface area contributed by atoms with Crippen LogP contribution in [0.2, 0.25) is 0 Å². The van der Waals surface area contributed by atoms with Crippen molar-refractivity contribution in [3.8, 4) is 11.5 Å². The molecule has 338 valence electrons. The lowest BCUT2D eigenvalue weighted by Gasteiger charge is -2.31. The van der Waals surface area contributed by atoms with Gasteiger partial charge < -0.3 is 63.2 Å². The van der Waals surface area contributed by atoms with E-state index in [1.54, 1.807) is 54.6 Å². The molecule has 3 aromatic carbocycles. The summed E-state index contributed by atoms with van der Waals surface area (Å²) in [7, 11) is 1.49. The van der Waals surface area contributed by atoms with E-state index in [9.17, 15) is 43.8 Å². The van der Waals surface area contributed by atoms with Gasteiger partial charge in [-0.2, -0.15) is 12.6 Å². The van der Waals surface area contributed by atoms with Crippen LogP contribution in [-0.4, -0.2) is 132 Å². The van der Waals surface area contributed by atoms with Crippen LogP contribution in [0.25, 0.3) is 0 Å². The zero-order valence-corrected chi connectivity index (χ0v) is 35.5. The number of carbonyl (C=O) groups excluding carboxylic acids is 7. The van der Waals surface area contributed by atoms with Crippen LogP contribution < -0.4 is 48.1 Å². The van der Waals surface area contributed by atoms with E-state index in [1.807, 2.05) is 0 Å². The number of nitrogens with zero attached hydrogens (tertiary/aromatic N) is 2. The molecule has 21 heteroatoms. The summed E-state index contributed by atoms with van der Waals surface area (Å²) in [5.74, 6) is -5.49. The number of nitrogens with one attached hydrogen (secondary N) is 6. The summed E-state index contributed by atoms with van der Waals surface area (Å²) < 4.78 is 5.26. The van der Waals surface area contributed by atoms with Crippen LogP contribution in [0.1, 0.15) is 35.6 Å². The molecule has 3 aromatic rings. The van der Waals surface area contributed by atoms with E-state index < -0.39 is 97.8 Å². The summed E-state index contributed by atoms with van der Waals surface area (Å²) in [5, 5.41) is 35.2. The Hall–Kier alpha value is -6.87. The molecule has 7 amide bonds. The molecule has 4 rings (SSSR count). The normalized spacial score (nSPS) is 20.4. The molecular formula is C42H54N10O10S. The molecule has 1 saturated heterocycles. The molecule has 12 N–H and O–H groups in total. The third-order valence-electron chi connectivity index (χ3n) is 9.88. The summed E-state index contributed by atoms with van der Waals surface area (Å²) in [6.07, 6.45) is -0.0808. The first-order valence-electron chi connectivity index (χ1n) is 20.0. The third kappa shape index (κ3) is 15.5. The molecule has 1 fully saturated rings. The van der Waals surface area contributed by atoms with Gasteiger partial charge in [0.1, 0.15) is 42.2 Å². The van der Waals surface area contributed by atoms with E-state index in [1.165, 1.54) is 36.3 Å². The van der Waals surface area contributed by atoms with Crippen LogP contribution in [-0.2, 0) is 46.4 Å². The Bertz CT molecular complexity index is 2070. The van der Waals surface area contributed by atoms with E-state index in [0.29, 0.717) is 22.4 Å².